The first-order valence-corrected chi connectivity index (χ1v) is 6.78. The van der Waals surface area contributed by atoms with Crippen LogP contribution in [-0.2, 0) is 9.47 Å². The molecular formula is C13H18BrNO4. The number of ether oxygens (including phenoxy) is 2. The van der Waals surface area contributed by atoms with Crippen molar-refractivity contribution in [2.75, 3.05) is 38.8 Å². The monoisotopic (exact) mass is 331 g/mol. The summed E-state index contributed by atoms with van der Waals surface area (Å²) in [4.78, 5) is 10.8. The van der Waals surface area contributed by atoms with Crippen LogP contribution in [0.3, 0.4) is 0 Å². The fourth-order valence-corrected chi connectivity index (χ4v) is 2.00. The lowest BCUT2D eigenvalue weighted by Crippen LogP contribution is -2.08. The molecule has 6 heteroatoms. The molecule has 5 nitrogen and oxygen atoms in total. The van der Waals surface area contributed by atoms with Crippen LogP contribution >= 0.6 is 15.9 Å². The first-order chi connectivity index (χ1) is 9.15. The van der Waals surface area contributed by atoms with E-state index in [1.807, 2.05) is 0 Å². The second-order valence-electron chi connectivity index (χ2n) is 3.89. The molecule has 0 aliphatic rings. The Morgan fingerprint density at radius 1 is 1.37 bits per heavy atom. The van der Waals surface area contributed by atoms with Crippen molar-refractivity contribution < 1.29 is 19.4 Å². The third kappa shape index (κ3) is 6.04. The van der Waals surface area contributed by atoms with E-state index in [9.17, 15) is 4.79 Å². The predicted octanol–water partition coefficient (Wildman–Crippen LogP) is 2.61. The SMILES string of the molecule is COCCOCCCNc1ccc(C(=O)O)c(Br)c1. The van der Waals surface area contributed by atoms with E-state index >= 15 is 0 Å². The zero-order chi connectivity index (χ0) is 14.1. The topological polar surface area (TPSA) is 67.8 Å². The van der Waals surface area contributed by atoms with Gasteiger partial charge in [0.2, 0.25) is 0 Å². The Labute approximate surface area is 121 Å². The first kappa shape index (κ1) is 15.9. The first-order valence-electron chi connectivity index (χ1n) is 5.98. The minimum atomic E-state index is -0.940. The molecule has 0 bridgehead atoms. The highest BCUT2D eigenvalue weighted by atomic mass is 79.9. The number of carboxylic acid groups (broad SMARTS) is 1. The van der Waals surface area contributed by atoms with Crippen LogP contribution in [0.2, 0.25) is 0 Å². The maximum absolute atomic E-state index is 10.8. The van der Waals surface area contributed by atoms with E-state index in [4.69, 9.17) is 14.6 Å². The summed E-state index contributed by atoms with van der Waals surface area (Å²) in [5.74, 6) is -0.940. The molecule has 0 saturated carbocycles. The van der Waals surface area contributed by atoms with Gasteiger partial charge in [-0.2, -0.15) is 0 Å². The van der Waals surface area contributed by atoms with Crippen molar-refractivity contribution in [3.63, 3.8) is 0 Å². The third-order valence-corrected chi connectivity index (χ3v) is 3.08. The predicted molar refractivity (Wildman–Crippen MR) is 76.9 cm³/mol. The van der Waals surface area contributed by atoms with Gasteiger partial charge in [0.15, 0.2) is 0 Å². The summed E-state index contributed by atoms with van der Waals surface area (Å²) in [6, 6.07) is 5.08. The Balaban J connectivity index is 2.26. The molecule has 1 rings (SSSR count). The number of halogens is 1. The Morgan fingerprint density at radius 3 is 2.79 bits per heavy atom. The third-order valence-electron chi connectivity index (χ3n) is 2.43. The van der Waals surface area contributed by atoms with E-state index in [2.05, 4.69) is 21.2 Å². The van der Waals surface area contributed by atoms with Crippen molar-refractivity contribution in [3.05, 3.63) is 28.2 Å². The minimum absolute atomic E-state index is 0.258. The number of hydrogen-bond donors (Lipinski definition) is 2. The number of benzene rings is 1. The molecule has 1 aromatic carbocycles. The minimum Gasteiger partial charge on any atom is -0.478 e. The van der Waals surface area contributed by atoms with Crippen LogP contribution in [0, 0.1) is 0 Å². The summed E-state index contributed by atoms with van der Waals surface area (Å²) in [7, 11) is 1.64. The normalized spacial score (nSPS) is 10.4. The van der Waals surface area contributed by atoms with E-state index < -0.39 is 5.97 Å². The molecule has 19 heavy (non-hydrogen) atoms. The maximum Gasteiger partial charge on any atom is 0.336 e. The average Bonchev–Trinajstić information content (AvgIpc) is 2.37. The number of carbonyl (C=O) groups is 1. The Hall–Kier alpha value is -1.11. The van der Waals surface area contributed by atoms with Crippen LogP contribution in [0.15, 0.2) is 22.7 Å². The van der Waals surface area contributed by atoms with E-state index in [0.29, 0.717) is 24.3 Å². The molecule has 0 amide bonds. The number of rotatable bonds is 9. The molecule has 0 unspecified atom stereocenters. The van der Waals surface area contributed by atoms with Gasteiger partial charge >= 0.3 is 5.97 Å². The molecule has 106 valence electrons. The molecule has 0 spiro atoms. The van der Waals surface area contributed by atoms with Crippen molar-refractivity contribution >= 4 is 27.6 Å². The highest BCUT2D eigenvalue weighted by molar-refractivity contribution is 9.10. The molecule has 0 saturated heterocycles. The maximum atomic E-state index is 10.8. The molecular weight excluding hydrogens is 314 g/mol. The summed E-state index contributed by atoms with van der Waals surface area (Å²) in [5.41, 5.74) is 1.14. The van der Waals surface area contributed by atoms with Gasteiger partial charge in [-0.15, -0.1) is 0 Å². The molecule has 0 fully saturated rings. The number of methoxy groups -OCH3 is 1. The van der Waals surface area contributed by atoms with Crippen LogP contribution in [0.5, 0.6) is 0 Å². The van der Waals surface area contributed by atoms with Gasteiger partial charge < -0.3 is 19.9 Å². The van der Waals surface area contributed by atoms with E-state index in [0.717, 1.165) is 18.7 Å². The number of anilines is 1. The van der Waals surface area contributed by atoms with Gasteiger partial charge in [0.1, 0.15) is 0 Å². The molecule has 0 heterocycles. The van der Waals surface area contributed by atoms with Gasteiger partial charge in [-0.05, 0) is 40.5 Å². The van der Waals surface area contributed by atoms with Gasteiger partial charge in [-0.3, -0.25) is 0 Å². The molecule has 1 aromatic rings. The Kier molecular flexibility index (Phi) is 7.47. The zero-order valence-corrected chi connectivity index (χ0v) is 12.4. The van der Waals surface area contributed by atoms with Crippen LogP contribution in [-0.4, -0.2) is 44.6 Å². The van der Waals surface area contributed by atoms with Crippen molar-refractivity contribution in [3.8, 4) is 0 Å². The molecule has 0 radical (unpaired) electrons. The Bertz CT molecular complexity index is 412. The Morgan fingerprint density at radius 2 is 2.16 bits per heavy atom. The van der Waals surface area contributed by atoms with Crippen molar-refractivity contribution in [1.29, 1.82) is 0 Å². The van der Waals surface area contributed by atoms with E-state index in [1.54, 1.807) is 25.3 Å². The summed E-state index contributed by atoms with van der Waals surface area (Å²) < 4.78 is 10.8. The summed E-state index contributed by atoms with van der Waals surface area (Å²) in [5, 5.41) is 12.1. The summed E-state index contributed by atoms with van der Waals surface area (Å²) >= 11 is 3.24. The molecule has 0 atom stereocenters. The van der Waals surface area contributed by atoms with Gasteiger partial charge in [-0.25, -0.2) is 4.79 Å². The lowest BCUT2D eigenvalue weighted by molar-refractivity contribution is 0.0696. The number of carboxylic acids is 1. The number of nitrogens with one attached hydrogen (secondary N) is 1. The van der Waals surface area contributed by atoms with Crippen LogP contribution in [0.1, 0.15) is 16.8 Å². The fourth-order valence-electron chi connectivity index (χ4n) is 1.45. The molecule has 0 aromatic heterocycles. The lowest BCUT2D eigenvalue weighted by atomic mass is 10.2. The van der Waals surface area contributed by atoms with Gasteiger partial charge in [0.05, 0.1) is 18.8 Å². The molecule has 2 N–H and O–H groups in total. The smallest absolute Gasteiger partial charge is 0.336 e. The molecule has 0 aliphatic carbocycles. The highest BCUT2D eigenvalue weighted by Crippen LogP contribution is 2.21. The van der Waals surface area contributed by atoms with Crippen LogP contribution in [0.4, 0.5) is 5.69 Å². The van der Waals surface area contributed by atoms with Crippen molar-refractivity contribution in [1.82, 2.24) is 0 Å². The summed E-state index contributed by atoms with van der Waals surface area (Å²) in [6.45, 7) is 2.66. The highest BCUT2D eigenvalue weighted by Gasteiger charge is 2.07. The van der Waals surface area contributed by atoms with E-state index in [1.165, 1.54) is 0 Å². The van der Waals surface area contributed by atoms with Crippen LogP contribution in [0.25, 0.3) is 0 Å². The second kappa shape index (κ2) is 8.90. The second-order valence-corrected chi connectivity index (χ2v) is 4.74. The zero-order valence-electron chi connectivity index (χ0n) is 10.8. The molecule has 0 aliphatic heterocycles. The number of hydrogen-bond acceptors (Lipinski definition) is 4. The van der Waals surface area contributed by atoms with Gasteiger partial charge in [0, 0.05) is 30.4 Å². The van der Waals surface area contributed by atoms with Crippen molar-refractivity contribution in [2.24, 2.45) is 0 Å². The lowest BCUT2D eigenvalue weighted by Gasteiger charge is -2.08. The summed E-state index contributed by atoms with van der Waals surface area (Å²) in [6.07, 6.45) is 0.877. The van der Waals surface area contributed by atoms with Gasteiger partial charge in [-0.1, -0.05) is 0 Å². The average molecular weight is 332 g/mol. The standard InChI is InChI=1S/C13H18BrNO4/c1-18-7-8-19-6-2-5-15-10-3-4-11(13(16)17)12(14)9-10/h3-4,9,15H,2,5-8H2,1H3,(H,16,17). The fraction of sp³-hybridized carbons (Fsp3) is 0.462. The number of aromatic carboxylic acids is 1. The van der Waals surface area contributed by atoms with E-state index in [-0.39, 0.29) is 5.56 Å². The van der Waals surface area contributed by atoms with Gasteiger partial charge in [0.25, 0.3) is 0 Å². The van der Waals surface area contributed by atoms with Crippen LogP contribution < -0.4 is 5.32 Å². The quantitative estimate of drug-likeness (QED) is 0.681. The largest absolute Gasteiger partial charge is 0.478 e. The van der Waals surface area contributed by atoms with Crippen molar-refractivity contribution in [2.45, 2.75) is 6.42 Å².